The number of carbonyl (C=O) groups is 1. The Balaban J connectivity index is 1.37. The minimum absolute atomic E-state index is 0.000497. The highest BCUT2D eigenvalue weighted by Gasteiger charge is 2.27. The number of nitrogens with zero attached hydrogens (tertiary/aromatic N) is 3. The van der Waals surface area contributed by atoms with E-state index in [1.807, 2.05) is 6.92 Å². The van der Waals surface area contributed by atoms with Crippen molar-refractivity contribution in [2.75, 3.05) is 10.8 Å². The fourth-order valence-electron chi connectivity index (χ4n) is 3.64. The average molecular weight is 577 g/mol. The molecule has 4 aromatic carbocycles. The molecule has 1 N–H and O–H groups in total. The van der Waals surface area contributed by atoms with Crippen LogP contribution in [-0.2, 0) is 21.4 Å². The highest BCUT2D eigenvalue weighted by Crippen LogP contribution is 2.24. The van der Waals surface area contributed by atoms with E-state index < -0.39 is 33.2 Å². The number of aryl methyl sites for hydroxylation is 1. The van der Waals surface area contributed by atoms with Gasteiger partial charge in [0.25, 0.3) is 21.6 Å². The lowest BCUT2D eigenvalue weighted by Crippen LogP contribution is -2.39. The van der Waals surface area contributed by atoms with Gasteiger partial charge in [0.2, 0.25) is 0 Å². The maximum absolute atomic E-state index is 13.5. The molecule has 0 heterocycles. The lowest BCUT2D eigenvalue weighted by molar-refractivity contribution is -0.384. The van der Waals surface area contributed by atoms with Gasteiger partial charge in [-0.15, -0.1) is 0 Å². The number of nitro benzene ring substituents is 1. The molecule has 0 spiro atoms. The van der Waals surface area contributed by atoms with Gasteiger partial charge >= 0.3 is 0 Å². The van der Waals surface area contributed by atoms with Gasteiger partial charge in [-0.25, -0.2) is 18.2 Å². The summed E-state index contributed by atoms with van der Waals surface area (Å²) in [6.07, 6.45) is 1.38. The van der Waals surface area contributed by atoms with Crippen LogP contribution in [-0.4, -0.2) is 32.0 Å². The number of rotatable bonds is 11. The Morgan fingerprint density at radius 2 is 1.61 bits per heavy atom. The van der Waals surface area contributed by atoms with E-state index in [0.717, 1.165) is 27.6 Å². The highest BCUT2D eigenvalue weighted by atomic mass is 32.2. The topological polar surface area (TPSA) is 131 Å². The predicted molar refractivity (Wildman–Crippen MR) is 152 cm³/mol. The van der Waals surface area contributed by atoms with Crippen molar-refractivity contribution in [2.45, 2.75) is 18.4 Å². The number of hydrogen-bond acceptors (Lipinski definition) is 7. The second kappa shape index (κ2) is 12.8. The minimum Gasteiger partial charge on any atom is -0.489 e. The third kappa shape index (κ3) is 7.73. The molecule has 12 heteroatoms. The molecule has 41 heavy (non-hydrogen) atoms. The van der Waals surface area contributed by atoms with Gasteiger partial charge in [-0.3, -0.25) is 19.2 Å². The van der Waals surface area contributed by atoms with Crippen LogP contribution in [0.25, 0.3) is 0 Å². The van der Waals surface area contributed by atoms with Crippen LogP contribution in [0.3, 0.4) is 0 Å². The third-order valence-electron chi connectivity index (χ3n) is 5.85. The number of hydrogen-bond donors (Lipinski definition) is 1. The SMILES string of the molecule is Cc1ccc(S(=O)(=O)N(CC(=O)N/N=C/c2ccc(OCc3ccc([N+](=O)[O-])cc3)cc2)c2ccc(F)cc2)cc1. The number of hydrazone groups is 1. The first-order chi connectivity index (χ1) is 19.6. The van der Waals surface area contributed by atoms with Crippen molar-refractivity contribution in [3.05, 3.63) is 130 Å². The fraction of sp³-hybridized carbons (Fsp3) is 0.103. The van der Waals surface area contributed by atoms with Crippen molar-refractivity contribution >= 4 is 33.5 Å². The molecule has 0 unspecified atom stereocenters. The van der Waals surface area contributed by atoms with Gasteiger partial charge in [-0.2, -0.15) is 5.10 Å². The van der Waals surface area contributed by atoms with E-state index >= 15 is 0 Å². The molecule has 0 aliphatic carbocycles. The second-order valence-electron chi connectivity index (χ2n) is 8.88. The Morgan fingerprint density at radius 3 is 2.22 bits per heavy atom. The van der Waals surface area contributed by atoms with Crippen LogP contribution in [0, 0.1) is 22.9 Å². The standard InChI is InChI=1S/C29H25FN4O6S/c1-21-2-16-28(17-3-21)41(38,39)33(25-12-8-24(30)9-13-25)19-29(35)32-31-18-22-6-14-27(15-7-22)40-20-23-4-10-26(11-5-23)34(36)37/h2-18H,19-20H2,1H3,(H,32,35)/b31-18+. The van der Waals surface area contributed by atoms with E-state index in [9.17, 15) is 27.7 Å². The molecular formula is C29H25FN4O6S. The zero-order valence-electron chi connectivity index (χ0n) is 21.8. The molecule has 0 fully saturated rings. The molecule has 0 aromatic heterocycles. The molecule has 0 aliphatic rings. The van der Waals surface area contributed by atoms with Crippen molar-refractivity contribution in [3.8, 4) is 5.75 Å². The number of anilines is 1. The lowest BCUT2D eigenvalue weighted by atomic mass is 10.2. The summed E-state index contributed by atoms with van der Waals surface area (Å²) < 4.78 is 46.8. The number of sulfonamides is 1. The van der Waals surface area contributed by atoms with E-state index in [2.05, 4.69) is 10.5 Å². The summed E-state index contributed by atoms with van der Waals surface area (Å²) in [6, 6.07) is 23.8. The van der Waals surface area contributed by atoms with Crippen LogP contribution in [0.15, 0.2) is 107 Å². The first kappa shape index (κ1) is 28.9. The molecule has 0 bridgehead atoms. The molecule has 0 radical (unpaired) electrons. The number of halogens is 1. The van der Waals surface area contributed by atoms with Crippen LogP contribution in [0.1, 0.15) is 16.7 Å². The second-order valence-corrected chi connectivity index (χ2v) is 10.7. The summed E-state index contributed by atoms with van der Waals surface area (Å²) in [5, 5.41) is 14.7. The summed E-state index contributed by atoms with van der Waals surface area (Å²) >= 11 is 0. The Morgan fingerprint density at radius 1 is 0.976 bits per heavy atom. The van der Waals surface area contributed by atoms with E-state index in [0.29, 0.717) is 11.3 Å². The van der Waals surface area contributed by atoms with E-state index in [-0.39, 0.29) is 22.9 Å². The Labute approximate surface area is 235 Å². The number of nitrogens with one attached hydrogen (secondary N) is 1. The molecule has 0 aliphatic heterocycles. The zero-order valence-corrected chi connectivity index (χ0v) is 22.6. The van der Waals surface area contributed by atoms with E-state index in [4.69, 9.17) is 4.74 Å². The largest absolute Gasteiger partial charge is 0.489 e. The van der Waals surface area contributed by atoms with Gasteiger partial charge in [-0.05, 0) is 90.8 Å². The molecule has 210 valence electrons. The monoisotopic (exact) mass is 576 g/mol. The van der Waals surface area contributed by atoms with Crippen LogP contribution in [0.5, 0.6) is 5.75 Å². The van der Waals surface area contributed by atoms with Crippen molar-refractivity contribution in [1.82, 2.24) is 5.43 Å². The number of carbonyl (C=O) groups excluding carboxylic acids is 1. The number of benzene rings is 4. The fourth-order valence-corrected chi connectivity index (χ4v) is 5.06. The van der Waals surface area contributed by atoms with Crippen molar-refractivity contribution in [2.24, 2.45) is 5.10 Å². The summed E-state index contributed by atoms with van der Waals surface area (Å²) in [6.45, 7) is 1.45. The lowest BCUT2D eigenvalue weighted by Gasteiger charge is -2.23. The first-order valence-corrected chi connectivity index (χ1v) is 13.7. The third-order valence-corrected chi connectivity index (χ3v) is 7.63. The first-order valence-electron chi connectivity index (χ1n) is 12.2. The van der Waals surface area contributed by atoms with Gasteiger partial charge in [0.15, 0.2) is 0 Å². The van der Waals surface area contributed by atoms with Gasteiger partial charge in [0.1, 0.15) is 24.7 Å². The van der Waals surface area contributed by atoms with Gasteiger partial charge < -0.3 is 4.74 Å². The van der Waals surface area contributed by atoms with Crippen molar-refractivity contribution < 1.29 is 27.3 Å². The quantitative estimate of drug-likeness (QED) is 0.152. The van der Waals surface area contributed by atoms with E-state index in [1.54, 1.807) is 48.5 Å². The van der Waals surface area contributed by atoms with Crippen LogP contribution in [0.2, 0.25) is 0 Å². The van der Waals surface area contributed by atoms with Crippen LogP contribution >= 0.6 is 0 Å². The number of non-ortho nitro benzene ring substituents is 1. The molecule has 0 saturated heterocycles. The average Bonchev–Trinajstić information content (AvgIpc) is 2.96. The molecule has 1 amide bonds. The molecule has 4 aromatic rings. The van der Waals surface area contributed by atoms with Crippen LogP contribution < -0.4 is 14.5 Å². The Bertz CT molecular complexity index is 1640. The van der Waals surface area contributed by atoms with Crippen molar-refractivity contribution in [3.63, 3.8) is 0 Å². The smallest absolute Gasteiger partial charge is 0.269 e. The van der Waals surface area contributed by atoms with Gasteiger partial charge in [-0.1, -0.05) is 17.7 Å². The summed E-state index contributed by atoms with van der Waals surface area (Å²) in [4.78, 5) is 23.0. The van der Waals surface area contributed by atoms with Gasteiger partial charge in [0.05, 0.1) is 21.7 Å². The number of nitro groups is 1. The van der Waals surface area contributed by atoms with E-state index in [1.165, 1.54) is 42.6 Å². The molecular weight excluding hydrogens is 551 g/mol. The highest BCUT2D eigenvalue weighted by molar-refractivity contribution is 7.92. The summed E-state index contributed by atoms with van der Waals surface area (Å²) in [5.74, 6) is -0.691. The number of amides is 1. The molecule has 4 rings (SSSR count). The maximum Gasteiger partial charge on any atom is 0.269 e. The summed E-state index contributed by atoms with van der Waals surface area (Å²) in [7, 11) is -4.14. The Hall–Kier alpha value is -5.10. The van der Waals surface area contributed by atoms with Crippen molar-refractivity contribution in [1.29, 1.82) is 0 Å². The summed E-state index contributed by atoms with van der Waals surface area (Å²) in [5.41, 5.74) is 4.71. The molecule has 0 atom stereocenters. The Kier molecular flexibility index (Phi) is 9.05. The number of ether oxygens (including phenoxy) is 1. The molecule has 0 saturated carbocycles. The molecule has 10 nitrogen and oxygen atoms in total. The predicted octanol–water partition coefficient (Wildman–Crippen LogP) is 4.97. The minimum atomic E-state index is -4.14. The zero-order chi connectivity index (χ0) is 29.4. The van der Waals surface area contributed by atoms with Crippen LogP contribution in [0.4, 0.5) is 15.8 Å². The van der Waals surface area contributed by atoms with Gasteiger partial charge in [0, 0.05) is 12.1 Å². The normalized spacial score (nSPS) is 11.3. The maximum atomic E-state index is 13.5.